The van der Waals surface area contributed by atoms with E-state index < -0.39 is 10.0 Å². The number of hydrazone groups is 1. The van der Waals surface area contributed by atoms with Crippen molar-refractivity contribution in [3.8, 4) is 0 Å². The second kappa shape index (κ2) is 5.98. The number of hydrogen-bond donors (Lipinski definition) is 0. The minimum Gasteiger partial charge on any atom is -0.200 e. The van der Waals surface area contributed by atoms with Crippen LogP contribution in [0.2, 0.25) is 5.02 Å². The second-order valence-electron chi connectivity index (χ2n) is 5.67. The summed E-state index contributed by atoms with van der Waals surface area (Å²) >= 11 is 6.20. The van der Waals surface area contributed by atoms with Crippen molar-refractivity contribution in [2.45, 2.75) is 31.2 Å². The molecule has 1 heterocycles. The van der Waals surface area contributed by atoms with Gasteiger partial charge in [-0.15, -0.1) is 0 Å². The predicted molar refractivity (Wildman–Crippen MR) is 92.3 cm³/mol. The minimum absolute atomic E-state index is 0.243. The first-order valence-electron chi connectivity index (χ1n) is 7.33. The van der Waals surface area contributed by atoms with Crippen molar-refractivity contribution < 1.29 is 8.42 Å². The molecule has 0 amide bonds. The maximum absolute atomic E-state index is 12.8. The summed E-state index contributed by atoms with van der Waals surface area (Å²) in [5.74, 6) is 0. The number of hydrogen-bond acceptors (Lipinski definition) is 3. The number of rotatable bonds is 3. The molecule has 6 heteroatoms. The van der Waals surface area contributed by atoms with Crippen LogP contribution in [-0.4, -0.2) is 24.6 Å². The van der Waals surface area contributed by atoms with Gasteiger partial charge in [0.1, 0.15) is 0 Å². The van der Waals surface area contributed by atoms with Gasteiger partial charge in [-0.3, -0.25) is 0 Å². The molecule has 0 radical (unpaired) electrons. The lowest BCUT2D eigenvalue weighted by atomic mass is 10.1. The Morgan fingerprint density at radius 1 is 1.13 bits per heavy atom. The summed E-state index contributed by atoms with van der Waals surface area (Å²) in [5, 5.41) is 4.93. The first-order valence-corrected chi connectivity index (χ1v) is 9.15. The molecule has 1 aliphatic rings. The predicted octanol–water partition coefficient (Wildman–Crippen LogP) is 3.84. The summed E-state index contributed by atoms with van der Waals surface area (Å²) in [6, 6.07) is 13.9. The first kappa shape index (κ1) is 16.0. The van der Waals surface area contributed by atoms with Crippen molar-refractivity contribution in [3.05, 3.63) is 64.7 Å². The Morgan fingerprint density at radius 3 is 2.43 bits per heavy atom. The molecular formula is C17H17ClN2O2S. The molecule has 0 saturated carbocycles. The molecule has 2 aromatic carbocycles. The molecule has 2 aromatic rings. The highest BCUT2D eigenvalue weighted by molar-refractivity contribution is 7.89. The van der Waals surface area contributed by atoms with Gasteiger partial charge in [0, 0.05) is 17.0 Å². The van der Waals surface area contributed by atoms with Gasteiger partial charge < -0.3 is 0 Å². The van der Waals surface area contributed by atoms with Crippen LogP contribution in [0.15, 0.2) is 58.5 Å². The van der Waals surface area contributed by atoms with E-state index in [1.807, 2.05) is 32.0 Å². The molecule has 4 nitrogen and oxygen atoms in total. The van der Waals surface area contributed by atoms with Gasteiger partial charge in [0.2, 0.25) is 0 Å². The fraction of sp³-hybridized carbons (Fsp3) is 0.235. The van der Waals surface area contributed by atoms with E-state index in [1.54, 1.807) is 30.3 Å². The van der Waals surface area contributed by atoms with Crippen LogP contribution in [-0.2, 0) is 10.0 Å². The van der Waals surface area contributed by atoms with Crippen molar-refractivity contribution in [3.63, 3.8) is 0 Å². The van der Waals surface area contributed by atoms with Crippen molar-refractivity contribution in [1.29, 1.82) is 0 Å². The first-order chi connectivity index (χ1) is 10.9. The summed E-state index contributed by atoms with van der Waals surface area (Å²) in [6.45, 7) is 3.77. The van der Waals surface area contributed by atoms with Crippen LogP contribution in [0.1, 0.15) is 24.5 Å². The van der Waals surface area contributed by atoms with Gasteiger partial charge in [-0.05, 0) is 32.0 Å². The molecule has 0 fully saturated rings. The SMILES string of the molecule is Cc1ccc(S(=O)(=O)N2N=C(c3ccccc3Cl)C[C@@H]2C)cc1. The van der Waals surface area contributed by atoms with E-state index in [9.17, 15) is 8.42 Å². The van der Waals surface area contributed by atoms with E-state index in [2.05, 4.69) is 5.10 Å². The highest BCUT2D eigenvalue weighted by Crippen LogP contribution is 2.29. The van der Waals surface area contributed by atoms with Crippen molar-refractivity contribution >= 4 is 27.3 Å². The summed E-state index contributed by atoms with van der Waals surface area (Å²) in [4.78, 5) is 0.249. The third-order valence-electron chi connectivity index (χ3n) is 3.83. The molecule has 120 valence electrons. The maximum atomic E-state index is 12.8. The van der Waals surface area contributed by atoms with Crippen LogP contribution < -0.4 is 0 Å². The highest BCUT2D eigenvalue weighted by atomic mass is 35.5. The average molecular weight is 349 g/mol. The number of benzene rings is 2. The molecule has 0 saturated heterocycles. The van der Waals surface area contributed by atoms with E-state index in [-0.39, 0.29) is 10.9 Å². The quantitative estimate of drug-likeness (QED) is 0.846. The Balaban J connectivity index is 2.00. The molecule has 23 heavy (non-hydrogen) atoms. The molecule has 0 aliphatic carbocycles. The lowest BCUT2D eigenvalue weighted by Crippen LogP contribution is -2.30. The Bertz CT molecular complexity index is 860. The Hall–Kier alpha value is -1.85. The molecule has 0 aromatic heterocycles. The standard InChI is InChI=1S/C17H17ClN2O2S/c1-12-7-9-14(10-8-12)23(21,22)20-13(2)11-17(19-20)15-5-3-4-6-16(15)18/h3-10,13H,11H2,1-2H3/t13-/m0/s1. The molecule has 1 atom stereocenters. The van der Waals surface area contributed by atoms with E-state index in [0.717, 1.165) is 11.1 Å². The highest BCUT2D eigenvalue weighted by Gasteiger charge is 2.34. The monoisotopic (exact) mass is 348 g/mol. The lowest BCUT2D eigenvalue weighted by molar-refractivity contribution is 0.384. The van der Waals surface area contributed by atoms with E-state index >= 15 is 0 Å². The third-order valence-corrected chi connectivity index (χ3v) is 5.97. The van der Waals surface area contributed by atoms with Gasteiger partial charge in [-0.1, -0.05) is 47.5 Å². The molecule has 0 spiro atoms. The van der Waals surface area contributed by atoms with E-state index in [1.165, 1.54) is 4.41 Å². The van der Waals surface area contributed by atoms with Gasteiger partial charge in [0.25, 0.3) is 10.0 Å². The van der Waals surface area contributed by atoms with Gasteiger partial charge in [0.15, 0.2) is 0 Å². The zero-order valence-electron chi connectivity index (χ0n) is 12.9. The summed E-state index contributed by atoms with van der Waals surface area (Å²) in [6.07, 6.45) is 0.537. The van der Waals surface area contributed by atoms with Crippen molar-refractivity contribution in [1.82, 2.24) is 4.41 Å². The zero-order valence-corrected chi connectivity index (χ0v) is 14.5. The summed E-state index contributed by atoms with van der Waals surface area (Å²) < 4.78 is 26.8. The Morgan fingerprint density at radius 2 is 1.78 bits per heavy atom. The van der Waals surface area contributed by atoms with Crippen molar-refractivity contribution in [2.75, 3.05) is 0 Å². The lowest BCUT2D eigenvalue weighted by Gasteiger charge is -2.19. The van der Waals surface area contributed by atoms with Crippen LogP contribution in [0, 0.1) is 6.92 Å². The topological polar surface area (TPSA) is 49.7 Å². The number of aryl methyl sites for hydroxylation is 1. The fourth-order valence-electron chi connectivity index (χ4n) is 2.58. The Labute approximate surface area is 141 Å². The molecule has 3 rings (SSSR count). The molecule has 0 bridgehead atoms. The number of sulfonamides is 1. The minimum atomic E-state index is -3.66. The summed E-state index contributed by atoms with van der Waals surface area (Å²) in [5.41, 5.74) is 2.49. The van der Waals surface area contributed by atoms with Gasteiger partial charge in [0.05, 0.1) is 16.6 Å². The molecule has 1 aliphatic heterocycles. The van der Waals surface area contributed by atoms with Crippen LogP contribution in [0.25, 0.3) is 0 Å². The molecule has 0 unspecified atom stereocenters. The number of nitrogens with zero attached hydrogens (tertiary/aromatic N) is 2. The van der Waals surface area contributed by atoms with Crippen molar-refractivity contribution in [2.24, 2.45) is 5.10 Å². The smallest absolute Gasteiger partial charge is 0.200 e. The molecule has 0 N–H and O–H groups in total. The van der Waals surface area contributed by atoms with E-state index in [0.29, 0.717) is 17.2 Å². The van der Waals surface area contributed by atoms with Crippen LogP contribution in [0.4, 0.5) is 0 Å². The Kier molecular flexibility index (Phi) is 4.17. The fourth-order valence-corrected chi connectivity index (χ4v) is 4.28. The summed E-state index contributed by atoms with van der Waals surface area (Å²) in [7, 11) is -3.66. The third kappa shape index (κ3) is 2.99. The largest absolute Gasteiger partial charge is 0.279 e. The second-order valence-corrected chi connectivity index (χ2v) is 7.87. The van der Waals surface area contributed by atoms with E-state index in [4.69, 9.17) is 11.6 Å². The van der Waals surface area contributed by atoms with Crippen LogP contribution in [0.5, 0.6) is 0 Å². The van der Waals surface area contributed by atoms with Crippen LogP contribution in [0.3, 0.4) is 0 Å². The maximum Gasteiger partial charge on any atom is 0.279 e. The van der Waals surface area contributed by atoms with Gasteiger partial charge in [-0.2, -0.15) is 17.9 Å². The zero-order chi connectivity index (χ0) is 16.6. The van der Waals surface area contributed by atoms with Crippen LogP contribution >= 0.6 is 11.6 Å². The average Bonchev–Trinajstić information content (AvgIpc) is 2.90. The van der Waals surface area contributed by atoms with Gasteiger partial charge in [-0.25, -0.2) is 0 Å². The molecular weight excluding hydrogens is 332 g/mol. The van der Waals surface area contributed by atoms with Gasteiger partial charge >= 0.3 is 0 Å². The normalized spacial score (nSPS) is 18.1. The number of halogens is 1.